The second-order valence-electron chi connectivity index (χ2n) is 2.39. The molecular weight excluding hydrogens is 205 g/mol. The summed E-state index contributed by atoms with van der Waals surface area (Å²) in [4.78, 5) is 0. The lowest BCUT2D eigenvalue weighted by atomic mass is 10.1. The van der Waals surface area contributed by atoms with Crippen LogP contribution >= 0.6 is 23.2 Å². The largest absolute Gasteiger partial charge is 0.326 e. The first-order chi connectivity index (χ1) is 6.15. The SMILES string of the molecule is CC.Cc1c(Cl)cc(CN)cc1Cl. The summed E-state index contributed by atoms with van der Waals surface area (Å²) >= 11 is 11.7. The highest BCUT2D eigenvalue weighted by Crippen LogP contribution is 2.25. The number of halogens is 2. The van der Waals surface area contributed by atoms with Gasteiger partial charge in [-0.1, -0.05) is 37.0 Å². The molecule has 0 aliphatic heterocycles. The lowest BCUT2D eigenvalue weighted by Crippen LogP contribution is -1.96. The van der Waals surface area contributed by atoms with Crippen molar-refractivity contribution in [3.63, 3.8) is 0 Å². The molecule has 0 aromatic heterocycles. The highest BCUT2D eigenvalue weighted by Gasteiger charge is 2.01. The van der Waals surface area contributed by atoms with Crippen molar-refractivity contribution in [1.29, 1.82) is 0 Å². The average molecular weight is 220 g/mol. The number of rotatable bonds is 1. The van der Waals surface area contributed by atoms with Crippen molar-refractivity contribution in [1.82, 2.24) is 0 Å². The molecule has 1 nitrogen and oxygen atoms in total. The van der Waals surface area contributed by atoms with Crippen LogP contribution in [-0.2, 0) is 6.54 Å². The van der Waals surface area contributed by atoms with Crippen LogP contribution in [0.1, 0.15) is 25.0 Å². The Morgan fingerprint density at radius 3 is 1.85 bits per heavy atom. The maximum absolute atomic E-state index is 5.86. The molecule has 1 rings (SSSR count). The third kappa shape index (κ3) is 3.55. The first-order valence-electron chi connectivity index (χ1n) is 4.29. The van der Waals surface area contributed by atoms with Crippen molar-refractivity contribution >= 4 is 23.2 Å². The summed E-state index contributed by atoms with van der Waals surface area (Å²) in [5.41, 5.74) is 7.29. The summed E-state index contributed by atoms with van der Waals surface area (Å²) in [6, 6.07) is 3.67. The molecule has 0 aliphatic rings. The van der Waals surface area contributed by atoms with Crippen molar-refractivity contribution in [2.24, 2.45) is 5.73 Å². The Kier molecular flexibility index (Phi) is 6.13. The Bertz CT molecular complexity index is 249. The normalized spacial score (nSPS) is 9.08. The summed E-state index contributed by atoms with van der Waals surface area (Å²) < 4.78 is 0. The Morgan fingerprint density at radius 2 is 1.54 bits per heavy atom. The van der Waals surface area contributed by atoms with Gasteiger partial charge in [-0.3, -0.25) is 0 Å². The van der Waals surface area contributed by atoms with E-state index in [1.54, 1.807) is 0 Å². The molecule has 13 heavy (non-hydrogen) atoms. The molecule has 0 spiro atoms. The molecule has 0 unspecified atom stereocenters. The van der Waals surface area contributed by atoms with E-state index >= 15 is 0 Å². The van der Waals surface area contributed by atoms with E-state index in [1.165, 1.54) is 0 Å². The summed E-state index contributed by atoms with van der Waals surface area (Å²) in [6.07, 6.45) is 0. The fourth-order valence-corrected chi connectivity index (χ4v) is 1.35. The van der Waals surface area contributed by atoms with Crippen molar-refractivity contribution in [2.75, 3.05) is 0 Å². The summed E-state index contributed by atoms with van der Waals surface area (Å²) in [7, 11) is 0. The van der Waals surface area contributed by atoms with E-state index in [4.69, 9.17) is 28.9 Å². The van der Waals surface area contributed by atoms with Gasteiger partial charge in [0.05, 0.1) is 0 Å². The van der Waals surface area contributed by atoms with Crippen LogP contribution in [0.4, 0.5) is 0 Å². The van der Waals surface area contributed by atoms with Gasteiger partial charge in [0.2, 0.25) is 0 Å². The first-order valence-corrected chi connectivity index (χ1v) is 5.05. The summed E-state index contributed by atoms with van der Waals surface area (Å²) in [5, 5.41) is 1.36. The second kappa shape index (κ2) is 6.25. The molecule has 0 heterocycles. The predicted molar refractivity (Wildman–Crippen MR) is 60.4 cm³/mol. The highest BCUT2D eigenvalue weighted by molar-refractivity contribution is 6.36. The van der Waals surface area contributed by atoms with E-state index in [0.717, 1.165) is 11.1 Å². The zero-order valence-electron chi connectivity index (χ0n) is 8.20. The van der Waals surface area contributed by atoms with Gasteiger partial charge in [0, 0.05) is 16.6 Å². The van der Waals surface area contributed by atoms with Gasteiger partial charge in [-0.05, 0) is 30.2 Å². The number of hydrogen-bond donors (Lipinski definition) is 1. The maximum atomic E-state index is 5.86. The lowest BCUT2D eigenvalue weighted by molar-refractivity contribution is 1.07. The third-order valence-corrected chi connectivity index (χ3v) is 2.36. The van der Waals surface area contributed by atoms with Crippen LogP contribution in [0.25, 0.3) is 0 Å². The molecule has 0 aliphatic carbocycles. The molecule has 74 valence electrons. The standard InChI is InChI=1S/C8H9Cl2N.C2H6/c1-5-7(9)2-6(4-11)3-8(5)10;1-2/h2-3H,4,11H2,1H3;1-2H3. The smallest absolute Gasteiger partial charge is 0.0453 e. The molecule has 0 saturated carbocycles. The molecule has 1 aromatic carbocycles. The van der Waals surface area contributed by atoms with Crippen molar-refractivity contribution in [3.8, 4) is 0 Å². The molecule has 0 bridgehead atoms. The van der Waals surface area contributed by atoms with Crippen LogP contribution in [0.5, 0.6) is 0 Å². The number of hydrogen-bond acceptors (Lipinski definition) is 1. The van der Waals surface area contributed by atoms with Crippen molar-refractivity contribution in [2.45, 2.75) is 27.3 Å². The zero-order valence-corrected chi connectivity index (χ0v) is 9.71. The Hall–Kier alpha value is -0.240. The molecule has 2 N–H and O–H groups in total. The number of nitrogens with two attached hydrogens (primary N) is 1. The van der Waals surface area contributed by atoms with Crippen LogP contribution in [-0.4, -0.2) is 0 Å². The summed E-state index contributed by atoms with van der Waals surface area (Å²) in [6.45, 7) is 6.35. The van der Waals surface area contributed by atoms with Crippen LogP contribution in [0.15, 0.2) is 12.1 Å². The van der Waals surface area contributed by atoms with Crippen molar-refractivity contribution in [3.05, 3.63) is 33.3 Å². The Labute approximate surface area is 89.8 Å². The Balaban J connectivity index is 0.000000671. The third-order valence-electron chi connectivity index (χ3n) is 1.58. The zero-order chi connectivity index (χ0) is 10.4. The predicted octanol–water partition coefficient (Wildman–Crippen LogP) is 3.79. The topological polar surface area (TPSA) is 26.0 Å². The minimum absolute atomic E-state index is 0.472. The van der Waals surface area contributed by atoms with E-state index < -0.39 is 0 Å². The second-order valence-corrected chi connectivity index (χ2v) is 3.20. The Morgan fingerprint density at radius 1 is 1.15 bits per heavy atom. The lowest BCUT2D eigenvalue weighted by Gasteiger charge is -2.03. The van der Waals surface area contributed by atoms with Gasteiger partial charge in [0.15, 0.2) is 0 Å². The van der Waals surface area contributed by atoms with Gasteiger partial charge < -0.3 is 5.73 Å². The fraction of sp³-hybridized carbons (Fsp3) is 0.400. The molecule has 0 saturated heterocycles. The van der Waals surface area contributed by atoms with E-state index in [2.05, 4.69) is 0 Å². The minimum atomic E-state index is 0.472. The van der Waals surface area contributed by atoms with Gasteiger partial charge in [-0.25, -0.2) is 0 Å². The molecule has 0 atom stereocenters. The van der Waals surface area contributed by atoms with Crippen LogP contribution < -0.4 is 5.73 Å². The van der Waals surface area contributed by atoms with E-state index in [1.807, 2.05) is 32.9 Å². The van der Waals surface area contributed by atoms with E-state index in [-0.39, 0.29) is 0 Å². The van der Waals surface area contributed by atoms with E-state index in [0.29, 0.717) is 16.6 Å². The highest BCUT2D eigenvalue weighted by atomic mass is 35.5. The minimum Gasteiger partial charge on any atom is -0.326 e. The van der Waals surface area contributed by atoms with Gasteiger partial charge in [0.1, 0.15) is 0 Å². The number of benzene rings is 1. The van der Waals surface area contributed by atoms with Crippen LogP contribution in [0, 0.1) is 6.92 Å². The van der Waals surface area contributed by atoms with Gasteiger partial charge >= 0.3 is 0 Å². The quantitative estimate of drug-likeness (QED) is 0.765. The first kappa shape index (κ1) is 12.8. The summed E-state index contributed by atoms with van der Waals surface area (Å²) in [5.74, 6) is 0. The molecule has 1 aromatic rings. The maximum Gasteiger partial charge on any atom is 0.0453 e. The molecular formula is C10H15Cl2N. The van der Waals surface area contributed by atoms with Gasteiger partial charge in [0.25, 0.3) is 0 Å². The molecule has 3 heteroatoms. The molecule has 0 amide bonds. The average Bonchev–Trinajstić information content (AvgIpc) is 2.16. The van der Waals surface area contributed by atoms with Crippen LogP contribution in [0.3, 0.4) is 0 Å². The van der Waals surface area contributed by atoms with Gasteiger partial charge in [-0.15, -0.1) is 0 Å². The van der Waals surface area contributed by atoms with Gasteiger partial charge in [-0.2, -0.15) is 0 Å². The molecule has 0 fully saturated rings. The van der Waals surface area contributed by atoms with Crippen molar-refractivity contribution < 1.29 is 0 Å². The van der Waals surface area contributed by atoms with Crippen LogP contribution in [0.2, 0.25) is 10.0 Å². The van der Waals surface area contributed by atoms with E-state index in [9.17, 15) is 0 Å². The molecule has 0 radical (unpaired) electrons. The fourth-order valence-electron chi connectivity index (χ4n) is 0.816. The monoisotopic (exact) mass is 219 g/mol.